The van der Waals surface area contributed by atoms with Crippen molar-refractivity contribution in [3.8, 4) is 16.9 Å². The van der Waals surface area contributed by atoms with Gasteiger partial charge in [-0.3, -0.25) is 4.79 Å². The molecule has 1 atom stereocenters. The van der Waals surface area contributed by atoms with Gasteiger partial charge in [0.1, 0.15) is 23.4 Å². The predicted octanol–water partition coefficient (Wildman–Crippen LogP) is 2.33. The van der Waals surface area contributed by atoms with Gasteiger partial charge in [0, 0.05) is 37.0 Å². The zero-order valence-corrected chi connectivity index (χ0v) is 17.8. The predicted molar refractivity (Wildman–Crippen MR) is 115 cm³/mol. The van der Waals surface area contributed by atoms with Crippen molar-refractivity contribution in [3.63, 3.8) is 0 Å². The van der Waals surface area contributed by atoms with Gasteiger partial charge in [0.05, 0.1) is 17.2 Å². The van der Waals surface area contributed by atoms with Crippen LogP contribution in [0.25, 0.3) is 22.1 Å². The molecule has 8 nitrogen and oxygen atoms in total. The van der Waals surface area contributed by atoms with Crippen molar-refractivity contribution >= 4 is 26.9 Å². The molecule has 3 heterocycles. The number of rotatable bonds is 5. The van der Waals surface area contributed by atoms with Gasteiger partial charge in [0.2, 0.25) is 5.43 Å². The lowest BCUT2D eigenvalue weighted by Gasteiger charge is -2.21. The van der Waals surface area contributed by atoms with Crippen LogP contribution in [0.2, 0.25) is 0 Å². The van der Waals surface area contributed by atoms with Crippen molar-refractivity contribution in [2.45, 2.75) is 12.5 Å². The molecule has 2 aromatic heterocycles. The maximum atomic E-state index is 12.9. The molecular formula is C21H23N3O5S. The molecule has 158 valence electrons. The molecule has 0 N–H and O–H groups in total. The number of hydrogen-bond donors (Lipinski definition) is 0. The fourth-order valence-electron chi connectivity index (χ4n) is 3.64. The van der Waals surface area contributed by atoms with E-state index in [4.69, 9.17) is 8.60 Å². The van der Waals surface area contributed by atoms with Gasteiger partial charge in [-0.2, -0.15) is 8.42 Å². The maximum absolute atomic E-state index is 12.9. The Morgan fingerprint density at radius 1 is 1.23 bits per heavy atom. The Kier molecular flexibility index (Phi) is 5.25. The standard InChI is InChI=1S/C21H23N3O5S/c1-23(2)15-8-9-24(12-15)20-7-4-14(11-22-20)18-13-28-19-10-16(29-30(3,26)27)5-6-17(19)21(18)25/h4-7,10-11,13,15H,8-9,12H2,1-3H3. The number of aromatic nitrogens is 1. The highest BCUT2D eigenvalue weighted by molar-refractivity contribution is 7.86. The highest BCUT2D eigenvalue weighted by Gasteiger charge is 2.24. The van der Waals surface area contributed by atoms with E-state index < -0.39 is 10.1 Å². The van der Waals surface area contributed by atoms with Crippen molar-refractivity contribution < 1.29 is 17.0 Å². The summed E-state index contributed by atoms with van der Waals surface area (Å²) in [7, 11) is 0.505. The monoisotopic (exact) mass is 429 g/mol. The summed E-state index contributed by atoms with van der Waals surface area (Å²) in [6.07, 6.45) is 5.09. The SMILES string of the molecule is CN(C)C1CCN(c2ccc(-c3coc4cc(OS(C)(=O)=O)ccc4c3=O)cn2)C1. The minimum Gasteiger partial charge on any atom is -0.463 e. The molecule has 1 unspecified atom stereocenters. The molecule has 3 aromatic rings. The number of nitrogens with zero attached hydrogens (tertiary/aromatic N) is 3. The second-order valence-electron chi connectivity index (χ2n) is 7.68. The Bertz CT molecular complexity index is 1240. The summed E-state index contributed by atoms with van der Waals surface area (Å²) in [6, 6.07) is 8.61. The van der Waals surface area contributed by atoms with Crippen LogP contribution in [0.3, 0.4) is 0 Å². The minimum atomic E-state index is -3.66. The minimum absolute atomic E-state index is 0.0913. The molecule has 0 spiro atoms. The van der Waals surface area contributed by atoms with Gasteiger partial charge in [0.15, 0.2) is 0 Å². The smallest absolute Gasteiger partial charge is 0.306 e. The highest BCUT2D eigenvalue weighted by atomic mass is 32.2. The zero-order valence-electron chi connectivity index (χ0n) is 17.0. The lowest BCUT2D eigenvalue weighted by atomic mass is 10.1. The van der Waals surface area contributed by atoms with Gasteiger partial charge in [-0.25, -0.2) is 4.98 Å². The fraction of sp³-hybridized carbons (Fsp3) is 0.333. The average molecular weight is 429 g/mol. The van der Waals surface area contributed by atoms with Gasteiger partial charge in [-0.05, 0) is 44.8 Å². The summed E-state index contributed by atoms with van der Waals surface area (Å²) in [5.74, 6) is 0.976. The molecule has 0 aliphatic carbocycles. The van der Waals surface area contributed by atoms with Crippen LogP contribution < -0.4 is 14.5 Å². The molecule has 4 rings (SSSR count). The maximum Gasteiger partial charge on any atom is 0.306 e. The van der Waals surface area contributed by atoms with Crippen LogP contribution in [0, 0.1) is 0 Å². The van der Waals surface area contributed by atoms with E-state index in [9.17, 15) is 13.2 Å². The Labute approximate surface area is 174 Å². The largest absolute Gasteiger partial charge is 0.463 e. The summed E-state index contributed by atoms with van der Waals surface area (Å²) in [5, 5.41) is 0.339. The number of fused-ring (bicyclic) bond motifs is 1. The van der Waals surface area contributed by atoms with Crippen molar-refractivity contribution in [3.05, 3.63) is 53.0 Å². The van der Waals surface area contributed by atoms with Crippen molar-refractivity contribution in [1.29, 1.82) is 0 Å². The molecule has 1 aromatic carbocycles. The summed E-state index contributed by atoms with van der Waals surface area (Å²) in [4.78, 5) is 21.9. The Balaban J connectivity index is 1.61. The van der Waals surface area contributed by atoms with Crippen LogP contribution in [-0.2, 0) is 10.1 Å². The van der Waals surface area contributed by atoms with Crippen LogP contribution >= 0.6 is 0 Å². The van der Waals surface area contributed by atoms with Crippen molar-refractivity contribution in [2.75, 3.05) is 38.3 Å². The topological polar surface area (TPSA) is 93.0 Å². The summed E-state index contributed by atoms with van der Waals surface area (Å²) < 4.78 is 33.0. The first-order chi connectivity index (χ1) is 14.2. The molecule has 0 bridgehead atoms. The Morgan fingerprint density at radius 2 is 2.03 bits per heavy atom. The van der Waals surface area contributed by atoms with Crippen LogP contribution in [-0.4, -0.2) is 57.8 Å². The highest BCUT2D eigenvalue weighted by Crippen LogP contribution is 2.26. The summed E-state index contributed by atoms with van der Waals surface area (Å²) in [6.45, 7) is 1.88. The lowest BCUT2D eigenvalue weighted by molar-refractivity contribution is 0.315. The van der Waals surface area contributed by atoms with E-state index in [2.05, 4.69) is 28.9 Å². The van der Waals surface area contributed by atoms with Crippen LogP contribution in [0.5, 0.6) is 5.75 Å². The van der Waals surface area contributed by atoms with Crippen molar-refractivity contribution in [2.24, 2.45) is 0 Å². The third-order valence-electron chi connectivity index (χ3n) is 5.27. The molecule has 30 heavy (non-hydrogen) atoms. The molecule has 9 heteroatoms. The van der Waals surface area contributed by atoms with E-state index in [1.807, 2.05) is 12.1 Å². The van der Waals surface area contributed by atoms with Crippen molar-refractivity contribution in [1.82, 2.24) is 9.88 Å². The zero-order chi connectivity index (χ0) is 21.5. The third kappa shape index (κ3) is 4.17. The molecule has 1 saturated heterocycles. The quantitative estimate of drug-likeness (QED) is 0.571. The van der Waals surface area contributed by atoms with E-state index in [1.165, 1.54) is 24.5 Å². The van der Waals surface area contributed by atoms with E-state index in [1.54, 1.807) is 6.20 Å². The van der Waals surface area contributed by atoms with E-state index in [-0.39, 0.29) is 16.8 Å². The molecule has 1 fully saturated rings. The first-order valence-electron chi connectivity index (χ1n) is 9.54. The molecule has 0 radical (unpaired) electrons. The number of hydrogen-bond acceptors (Lipinski definition) is 8. The van der Waals surface area contributed by atoms with E-state index in [0.29, 0.717) is 22.6 Å². The van der Waals surface area contributed by atoms with Gasteiger partial charge in [0.25, 0.3) is 0 Å². The first kappa shape index (κ1) is 20.4. The molecule has 1 aliphatic heterocycles. The summed E-state index contributed by atoms with van der Waals surface area (Å²) in [5.41, 5.74) is 1.09. The lowest BCUT2D eigenvalue weighted by Crippen LogP contribution is -2.31. The van der Waals surface area contributed by atoms with E-state index >= 15 is 0 Å². The van der Waals surface area contributed by atoms with Gasteiger partial charge in [-0.15, -0.1) is 0 Å². The summed E-state index contributed by atoms with van der Waals surface area (Å²) >= 11 is 0. The van der Waals surface area contributed by atoms with Gasteiger partial charge >= 0.3 is 10.1 Å². The molecular weight excluding hydrogens is 406 g/mol. The van der Waals surface area contributed by atoms with Crippen LogP contribution in [0.15, 0.2) is 52.0 Å². The normalized spacial score (nSPS) is 17.1. The Morgan fingerprint density at radius 3 is 2.67 bits per heavy atom. The molecule has 0 amide bonds. The Hall–Kier alpha value is -2.91. The fourth-order valence-corrected chi connectivity index (χ4v) is 4.09. The second-order valence-corrected chi connectivity index (χ2v) is 9.26. The van der Waals surface area contributed by atoms with Crippen LogP contribution in [0.4, 0.5) is 5.82 Å². The van der Waals surface area contributed by atoms with E-state index in [0.717, 1.165) is 31.6 Å². The van der Waals surface area contributed by atoms with Gasteiger partial charge < -0.3 is 18.4 Å². The number of benzene rings is 1. The van der Waals surface area contributed by atoms with Gasteiger partial charge in [-0.1, -0.05) is 0 Å². The third-order valence-corrected chi connectivity index (χ3v) is 5.77. The molecule has 1 aliphatic rings. The number of pyridine rings is 1. The molecule has 0 saturated carbocycles. The average Bonchev–Trinajstić information content (AvgIpc) is 3.18. The van der Waals surface area contributed by atoms with Crippen LogP contribution in [0.1, 0.15) is 6.42 Å². The number of likely N-dealkylation sites (N-methyl/N-ethyl adjacent to an activating group) is 1. The first-order valence-corrected chi connectivity index (χ1v) is 11.4. The second kappa shape index (κ2) is 7.73. The number of anilines is 1.